The molecule has 3 aromatic rings. The van der Waals surface area contributed by atoms with E-state index in [1.54, 1.807) is 17.2 Å². The van der Waals surface area contributed by atoms with Gasteiger partial charge in [0.1, 0.15) is 6.33 Å². The summed E-state index contributed by atoms with van der Waals surface area (Å²) in [6.07, 6.45) is 3.33. The maximum Gasteiger partial charge on any atom is 0.183 e. The van der Waals surface area contributed by atoms with Crippen LogP contribution in [0.5, 0.6) is 0 Å². The van der Waals surface area contributed by atoms with Crippen LogP contribution in [0.1, 0.15) is 4.88 Å². The molecule has 96 valence electrons. The molecule has 0 radical (unpaired) electrons. The van der Waals surface area contributed by atoms with E-state index in [9.17, 15) is 0 Å². The van der Waals surface area contributed by atoms with Crippen molar-refractivity contribution in [3.8, 4) is 5.69 Å². The highest BCUT2D eigenvalue weighted by atomic mass is 35.5. The molecule has 3 rings (SSSR count). The van der Waals surface area contributed by atoms with Crippen molar-refractivity contribution in [2.24, 2.45) is 0 Å². The molecule has 1 aromatic carbocycles. The lowest BCUT2D eigenvalue weighted by Crippen LogP contribution is -1.99. The Labute approximate surface area is 118 Å². The minimum Gasteiger partial charge on any atom is -0.380 e. The van der Waals surface area contributed by atoms with Gasteiger partial charge in [0.05, 0.1) is 12.2 Å². The van der Waals surface area contributed by atoms with Crippen LogP contribution in [0.2, 0.25) is 4.47 Å². The molecule has 1 N–H and O–H groups in total. The van der Waals surface area contributed by atoms with Crippen molar-refractivity contribution in [1.29, 1.82) is 0 Å². The van der Waals surface area contributed by atoms with Gasteiger partial charge < -0.3 is 5.32 Å². The van der Waals surface area contributed by atoms with E-state index >= 15 is 0 Å². The third-order valence-electron chi connectivity index (χ3n) is 2.47. The van der Waals surface area contributed by atoms with Crippen LogP contribution in [-0.2, 0) is 6.54 Å². The Morgan fingerprint density at radius 3 is 2.74 bits per heavy atom. The maximum atomic E-state index is 5.78. The van der Waals surface area contributed by atoms with Crippen molar-refractivity contribution >= 4 is 28.6 Å². The number of thiazole rings is 1. The standard InChI is InChI=1S/C11H9ClN6S/c12-11-14-6-10(19-11)5-13-8-1-3-9(4-2-8)18-7-15-16-17-18/h1-4,6-7,13H,5H2. The lowest BCUT2D eigenvalue weighted by molar-refractivity contribution is 0.789. The minimum absolute atomic E-state index is 0.561. The maximum absolute atomic E-state index is 5.78. The fourth-order valence-corrected chi connectivity index (χ4v) is 2.48. The van der Waals surface area contributed by atoms with E-state index in [-0.39, 0.29) is 0 Å². The number of anilines is 1. The summed E-state index contributed by atoms with van der Waals surface area (Å²) in [6, 6.07) is 7.83. The van der Waals surface area contributed by atoms with Crippen LogP contribution < -0.4 is 5.32 Å². The van der Waals surface area contributed by atoms with E-state index in [1.807, 2.05) is 24.3 Å². The van der Waals surface area contributed by atoms with Gasteiger partial charge in [-0.1, -0.05) is 11.6 Å². The third kappa shape index (κ3) is 2.88. The van der Waals surface area contributed by atoms with Crippen molar-refractivity contribution in [3.05, 3.63) is 46.1 Å². The molecular weight excluding hydrogens is 284 g/mol. The number of tetrazole rings is 1. The second kappa shape index (κ2) is 5.33. The zero-order chi connectivity index (χ0) is 13.1. The molecule has 0 saturated heterocycles. The van der Waals surface area contributed by atoms with Gasteiger partial charge >= 0.3 is 0 Å². The fraction of sp³-hybridized carbons (Fsp3) is 0.0909. The van der Waals surface area contributed by atoms with Gasteiger partial charge in [0.15, 0.2) is 4.47 Å². The Kier molecular flexibility index (Phi) is 3.39. The Bertz CT molecular complexity index is 648. The largest absolute Gasteiger partial charge is 0.380 e. The lowest BCUT2D eigenvalue weighted by Gasteiger charge is -2.05. The smallest absolute Gasteiger partial charge is 0.183 e. The van der Waals surface area contributed by atoms with Crippen LogP contribution in [0, 0.1) is 0 Å². The number of benzene rings is 1. The van der Waals surface area contributed by atoms with Gasteiger partial charge in [-0.15, -0.1) is 16.4 Å². The van der Waals surface area contributed by atoms with Crippen LogP contribution in [0.3, 0.4) is 0 Å². The van der Waals surface area contributed by atoms with Gasteiger partial charge in [-0.05, 0) is 34.7 Å². The summed E-state index contributed by atoms with van der Waals surface area (Å²) in [4.78, 5) is 5.09. The second-order valence-electron chi connectivity index (χ2n) is 3.73. The zero-order valence-electron chi connectivity index (χ0n) is 9.69. The van der Waals surface area contributed by atoms with Crippen LogP contribution >= 0.6 is 22.9 Å². The molecule has 8 heteroatoms. The Balaban J connectivity index is 1.66. The van der Waals surface area contributed by atoms with E-state index < -0.39 is 0 Å². The minimum atomic E-state index is 0.561. The average Bonchev–Trinajstić information content (AvgIpc) is 3.08. The molecule has 2 aromatic heterocycles. The third-order valence-corrected chi connectivity index (χ3v) is 3.59. The molecule has 6 nitrogen and oxygen atoms in total. The molecule has 0 fully saturated rings. The first-order chi connectivity index (χ1) is 9.31. The normalized spacial score (nSPS) is 10.6. The number of aromatic nitrogens is 5. The molecule has 0 atom stereocenters. The first kappa shape index (κ1) is 12.1. The van der Waals surface area contributed by atoms with Gasteiger partial charge in [-0.3, -0.25) is 0 Å². The first-order valence-corrected chi connectivity index (χ1v) is 6.68. The Hall–Kier alpha value is -1.99. The number of halogens is 1. The Morgan fingerprint density at radius 2 is 2.11 bits per heavy atom. The molecule has 0 bridgehead atoms. The van der Waals surface area contributed by atoms with E-state index in [2.05, 4.69) is 25.8 Å². The predicted octanol–water partition coefficient (Wildman–Crippen LogP) is 2.38. The second-order valence-corrected chi connectivity index (χ2v) is 5.43. The molecular formula is C11H9ClN6S. The highest BCUT2D eigenvalue weighted by molar-refractivity contribution is 7.15. The monoisotopic (exact) mass is 292 g/mol. The van der Waals surface area contributed by atoms with Crippen LogP contribution in [0.4, 0.5) is 5.69 Å². The van der Waals surface area contributed by atoms with Gasteiger partial charge in [-0.2, -0.15) is 0 Å². The highest BCUT2D eigenvalue weighted by Crippen LogP contribution is 2.19. The SMILES string of the molecule is Clc1ncc(CNc2ccc(-n3cnnn3)cc2)s1. The van der Waals surface area contributed by atoms with Crippen molar-refractivity contribution in [2.75, 3.05) is 5.32 Å². The quantitative estimate of drug-likeness (QED) is 0.799. The number of hydrogen-bond donors (Lipinski definition) is 1. The van der Waals surface area contributed by atoms with E-state index in [4.69, 9.17) is 11.6 Å². The van der Waals surface area contributed by atoms with Gasteiger partial charge in [0.25, 0.3) is 0 Å². The summed E-state index contributed by atoms with van der Waals surface area (Å²) < 4.78 is 2.16. The van der Waals surface area contributed by atoms with Gasteiger partial charge in [0.2, 0.25) is 0 Å². The van der Waals surface area contributed by atoms with E-state index in [0.29, 0.717) is 11.0 Å². The van der Waals surface area contributed by atoms with Crippen LogP contribution in [0.25, 0.3) is 5.69 Å². The fourth-order valence-electron chi connectivity index (χ4n) is 1.57. The van der Waals surface area contributed by atoms with Crippen molar-refractivity contribution in [1.82, 2.24) is 25.2 Å². The summed E-state index contributed by atoms with van der Waals surface area (Å²) in [6.45, 7) is 0.703. The summed E-state index contributed by atoms with van der Waals surface area (Å²) in [5.41, 5.74) is 1.93. The molecule has 0 aliphatic rings. The summed E-state index contributed by atoms with van der Waals surface area (Å²) in [5.74, 6) is 0. The van der Waals surface area contributed by atoms with Crippen LogP contribution in [-0.4, -0.2) is 25.2 Å². The van der Waals surface area contributed by atoms with Crippen LogP contribution in [0.15, 0.2) is 36.8 Å². The highest BCUT2D eigenvalue weighted by Gasteiger charge is 2.01. The predicted molar refractivity (Wildman–Crippen MR) is 73.6 cm³/mol. The van der Waals surface area contributed by atoms with Gasteiger partial charge in [-0.25, -0.2) is 9.67 Å². The average molecular weight is 293 g/mol. The Morgan fingerprint density at radius 1 is 1.26 bits per heavy atom. The molecule has 0 aliphatic carbocycles. The summed E-state index contributed by atoms with van der Waals surface area (Å²) >= 11 is 7.25. The number of nitrogens with zero attached hydrogens (tertiary/aromatic N) is 5. The van der Waals surface area contributed by atoms with Gasteiger partial charge in [0, 0.05) is 16.8 Å². The lowest BCUT2D eigenvalue weighted by atomic mass is 10.3. The number of rotatable bonds is 4. The topological polar surface area (TPSA) is 68.5 Å². The molecule has 0 aliphatic heterocycles. The molecule has 0 unspecified atom stereocenters. The molecule has 0 amide bonds. The first-order valence-electron chi connectivity index (χ1n) is 5.49. The van der Waals surface area contributed by atoms with E-state index in [1.165, 1.54) is 11.3 Å². The molecule has 0 spiro atoms. The number of hydrogen-bond acceptors (Lipinski definition) is 6. The number of nitrogens with one attached hydrogen (secondary N) is 1. The van der Waals surface area contributed by atoms with Crippen molar-refractivity contribution in [3.63, 3.8) is 0 Å². The van der Waals surface area contributed by atoms with Crippen molar-refractivity contribution in [2.45, 2.75) is 6.54 Å². The molecule has 0 saturated carbocycles. The van der Waals surface area contributed by atoms with Crippen molar-refractivity contribution < 1.29 is 0 Å². The van der Waals surface area contributed by atoms with E-state index in [0.717, 1.165) is 16.3 Å². The molecule has 19 heavy (non-hydrogen) atoms. The molecule has 2 heterocycles. The summed E-state index contributed by atoms with van der Waals surface area (Å²) in [5, 5.41) is 14.3. The zero-order valence-corrected chi connectivity index (χ0v) is 11.3. The summed E-state index contributed by atoms with van der Waals surface area (Å²) in [7, 11) is 0.